The number of H-pyrrole nitrogens is 1. The van der Waals surface area contributed by atoms with Crippen LogP contribution in [0.3, 0.4) is 0 Å². The van der Waals surface area contributed by atoms with Gasteiger partial charge in [-0.3, -0.25) is 0 Å². The molecule has 0 spiro atoms. The lowest BCUT2D eigenvalue weighted by atomic mass is 9.55. The molecule has 0 amide bonds. The third-order valence-electron chi connectivity index (χ3n) is 3.70. The van der Waals surface area contributed by atoms with E-state index in [2.05, 4.69) is 68.6 Å². The van der Waals surface area contributed by atoms with Crippen molar-refractivity contribution in [2.45, 2.75) is 46.6 Å². The van der Waals surface area contributed by atoms with Gasteiger partial charge in [0.05, 0.1) is 0 Å². The van der Waals surface area contributed by atoms with Crippen LogP contribution in [0.25, 0.3) is 10.9 Å². The van der Waals surface area contributed by atoms with Gasteiger partial charge in [-0.2, -0.15) is 0 Å². The molecule has 0 aliphatic heterocycles. The second-order valence-corrected chi connectivity index (χ2v) is 5.64. The largest absolute Gasteiger partial charge is 0.361 e. The minimum atomic E-state index is 0.448. The number of hydrogen-bond donors (Lipinski definition) is 1. The van der Waals surface area contributed by atoms with Crippen molar-refractivity contribution in [1.82, 2.24) is 9.79 Å². The number of rotatable bonds is 4. The number of aromatic nitrogens is 1. The standard InChI is InChI=1S/C15H23BN2/c1-11(2)18(12(3)4)16(5)14-6-7-15-13(10-14)8-9-17-15/h6-12,17H,1-5H3. The van der Waals surface area contributed by atoms with E-state index in [0.717, 1.165) is 0 Å². The fourth-order valence-electron chi connectivity index (χ4n) is 2.99. The number of aromatic amines is 1. The Morgan fingerprint density at radius 1 is 1.06 bits per heavy atom. The molecular formula is C15H23BN2. The molecule has 0 unspecified atom stereocenters. The van der Waals surface area contributed by atoms with Gasteiger partial charge in [0.2, 0.25) is 0 Å². The highest BCUT2D eigenvalue weighted by molar-refractivity contribution is 6.69. The SMILES string of the molecule is CB(c1ccc2[nH]ccc2c1)N(C(C)C)C(C)C. The molecule has 0 bridgehead atoms. The summed E-state index contributed by atoms with van der Waals surface area (Å²) in [5.74, 6) is 0. The quantitative estimate of drug-likeness (QED) is 0.816. The highest BCUT2D eigenvalue weighted by atomic mass is 15.1. The van der Waals surface area contributed by atoms with Crippen molar-refractivity contribution < 1.29 is 0 Å². The second kappa shape index (κ2) is 5.19. The summed E-state index contributed by atoms with van der Waals surface area (Å²) in [5.41, 5.74) is 2.61. The predicted octanol–water partition coefficient (Wildman–Crippen LogP) is 3.12. The van der Waals surface area contributed by atoms with Crippen molar-refractivity contribution in [3.05, 3.63) is 30.5 Å². The summed E-state index contributed by atoms with van der Waals surface area (Å²) in [6, 6.07) is 9.97. The predicted molar refractivity (Wildman–Crippen MR) is 81.7 cm³/mol. The number of hydrogen-bond acceptors (Lipinski definition) is 1. The van der Waals surface area contributed by atoms with E-state index in [1.165, 1.54) is 16.4 Å². The second-order valence-electron chi connectivity index (χ2n) is 5.64. The van der Waals surface area contributed by atoms with E-state index in [1.54, 1.807) is 0 Å². The maximum Gasteiger partial charge on any atom is 0.254 e. The van der Waals surface area contributed by atoms with Crippen molar-refractivity contribution in [3.63, 3.8) is 0 Å². The monoisotopic (exact) mass is 242 g/mol. The number of benzene rings is 1. The highest BCUT2D eigenvalue weighted by Gasteiger charge is 2.24. The van der Waals surface area contributed by atoms with E-state index in [-0.39, 0.29) is 0 Å². The van der Waals surface area contributed by atoms with Crippen LogP contribution in [0.2, 0.25) is 6.82 Å². The first kappa shape index (κ1) is 13.2. The van der Waals surface area contributed by atoms with Gasteiger partial charge in [0, 0.05) is 11.7 Å². The average Bonchev–Trinajstić information content (AvgIpc) is 2.74. The lowest BCUT2D eigenvalue weighted by Gasteiger charge is -2.35. The molecule has 3 heteroatoms. The first-order valence-electron chi connectivity index (χ1n) is 6.85. The Kier molecular flexibility index (Phi) is 3.81. The molecule has 2 rings (SSSR count). The van der Waals surface area contributed by atoms with Gasteiger partial charge in [0.1, 0.15) is 0 Å². The first-order valence-corrected chi connectivity index (χ1v) is 6.85. The van der Waals surface area contributed by atoms with Crippen LogP contribution >= 0.6 is 0 Å². The fourth-order valence-corrected chi connectivity index (χ4v) is 2.99. The van der Waals surface area contributed by atoms with Crippen LogP contribution in [-0.2, 0) is 0 Å². The minimum absolute atomic E-state index is 0.448. The Bertz CT molecular complexity index is 508. The summed E-state index contributed by atoms with van der Waals surface area (Å²) in [6.07, 6.45) is 2.00. The molecule has 0 aliphatic rings. The van der Waals surface area contributed by atoms with E-state index < -0.39 is 0 Å². The number of nitrogens with zero attached hydrogens (tertiary/aromatic N) is 1. The minimum Gasteiger partial charge on any atom is -0.361 e. The van der Waals surface area contributed by atoms with Crippen molar-refractivity contribution in [2.24, 2.45) is 0 Å². The lowest BCUT2D eigenvalue weighted by molar-refractivity contribution is 0.308. The van der Waals surface area contributed by atoms with Crippen LogP contribution in [0.15, 0.2) is 30.5 Å². The van der Waals surface area contributed by atoms with Crippen LogP contribution in [0.1, 0.15) is 27.7 Å². The van der Waals surface area contributed by atoms with E-state index in [4.69, 9.17) is 0 Å². The Morgan fingerprint density at radius 2 is 1.72 bits per heavy atom. The molecule has 2 nitrogen and oxygen atoms in total. The summed E-state index contributed by atoms with van der Waals surface area (Å²) < 4.78 is 0. The molecule has 0 radical (unpaired) electrons. The Morgan fingerprint density at radius 3 is 2.33 bits per heavy atom. The normalized spacial score (nSPS) is 12.0. The van der Waals surface area contributed by atoms with Gasteiger partial charge in [-0.1, -0.05) is 52.1 Å². The van der Waals surface area contributed by atoms with Gasteiger partial charge in [0.25, 0.3) is 6.85 Å². The molecule has 1 heterocycles. The molecule has 1 N–H and O–H groups in total. The zero-order valence-electron chi connectivity index (χ0n) is 12.1. The molecule has 2 aromatic rings. The van der Waals surface area contributed by atoms with Crippen LogP contribution in [0.5, 0.6) is 0 Å². The third kappa shape index (κ3) is 2.46. The zero-order valence-corrected chi connectivity index (χ0v) is 12.1. The van der Waals surface area contributed by atoms with Gasteiger partial charge in [0.15, 0.2) is 0 Å². The maximum atomic E-state index is 3.25. The average molecular weight is 242 g/mol. The molecule has 0 atom stereocenters. The van der Waals surface area contributed by atoms with Crippen molar-refractivity contribution in [3.8, 4) is 0 Å². The lowest BCUT2D eigenvalue weighted by Crippen LogP contribution is -2.52. The van der Waals surface area contributed by atoms with Gasteiger partial charge in [-0.15, -0.1) is 0 Å². The third-order valence-corrected chi connectivity index (χ3v) is 3.70. The fraction of sp³-hybridized carbons (Fsp3) is 0.467. The summed E-state index contributed by atoms with van der Waals surface area (Å²) in [7, 11) is 0. The van der Waals surface area contributed by atoms with E-state index in [9.17, 15) is 0 Å². The van der Waals surface area contributed by atoms with E-state index in [0.29, 0.717) is 18.9 Å². The van der Waals surface area contributed by atoms with Crippen molar-refractivity contribution >= 4 is 23.2 Å². The number of fused-ring (bicyclic) bond motifs is 1. The maximum absolute atomic E-state index is 3.25. The van der Waals surface area contributed by atoms with E-state index >= 15 is 0 Å². The Balaban J connectivity index is 2.33. The molecule has 96 valence electrons. The molecule has 0 aliphatic carbocycles. The molecule has 0 saturated heterocycles. The van der Waals surface area contributed by atoms with Crippen molar-refractivity contribution in [2.75, 3.05) is 0 Å². The van der Waals surface area contributed by atoms with Crippen molar-refractivity contribution in [1.29, 1.82) is 0 Å². The van der Waals surface area contributed by atoms with Crippen LogP contribution < -0.4 is 5.46 Å². The molecule has 1 aromatic heterocycles. The Hall–Kier alpha value is -1.22. The zero-order chi connectivity index (χ0) is 13.3. The first-order chi connectivity index (χ1) is 8.50. The summed E-state index contributed by atoms with van der Waals surface area (Å²) in [6.45, 7) is 11.8. The van der Waals surface area contributed by atoms with E-state index in [1.807, 2.05) is 6.20 Å². The van der Waals surface area contributed by atoms with Gasteiger partial charge >= 0.3 is 0 Å². The summed E-state index contributed by atoms with van der Waals surface area (Å²) >= 11 is 0. The molecule has 0 saturated carbocycles. The Labute approximate surface area is 110 Å². The topological polar surface area (TPSA) is 19.0 Å². The summed E-state index contributed by atoms with van der Waals surface area (Å²) in [5, 5.41) is 1.30. The molecule has 0 fully saturated rings. The van der Waals surface area contributed by atoms with Gasteiger partial charge in [-0.05, 0) is 29.6 Å². The molecular weight excluding hydrogens is 219 g/mol. The molecule has 1 aromatic carbocycles. The van der Waals surface area contributed by atoms with Gasteiger partial charge < -0.3 is 9.79 Å². The summed E-state index contributed by atoms with van der Waals surface area (Å²) in [4.78, 5) is 5.80. The van der Waals surface area contributed by atoms with Crippen LogP contribution in [0, 0.1) is 0 Å². The van der Waals surface area contributed by atoms with Gasteiger partial charge in [-0.25, -0.2) is 0 Å². The smallest absolute Gasteiger partial charge is 0.254 e. The number of nitrogens with one attached hydrogen (secondary N) is 1. The highest BCUT2D eigenvalue weighted by Crippen LogP contribution is 2.13. The van der Waals surface area contributed by atoms with Crippen LogP contribution in [-0.4, -0.2) is 28.7 Å². The van der Waals surface area contributed by atoms with Crippen LogP contribution in [0.4, 0.5) is 0 Å². The molecule has 18 heavy (non-hydrogen) atoms.